The molecule has 3 N–H and O–H groups in total. The van der Waals surface area contributed by atoms with Gasteiger partial charge in [0.2, 0.25) is 5.91 Å². The number of nitrogens with zero attached hydrogens (tertiary/aromatic N) is 3. The average Bonchev–Trinajstić information content (AvgIpc) is 2.64. The quantitative estimate of drug-likeness (QED) is 0.152. The van der Waals surface area contributed by atoms with Crippen LogP contribution in [0.15, 0.2) is 78.5 Å². The zero-order valence-electron chi connectivity index (χ0n) is 15.0. The van der Waals surface area contributed by atoms with Crippen LogP contribution in [0.3, 0.4) is 0 Å². The lowest BCUT2D eigenvalue weighted by Crippen LogP contribution is -3.00. The van der Waals surface area contributed by atoms with Gasteiger partial charge in [0.15, 0.2) is 37.9 Å². The molecule has 0 fully saturated rings. The van der Waals surface area contributed by atoms with Gasteiger partial charge in [0.25, 0.3) is 0 Å². The number of oxime groups is 1. The largest absolute Gasteiger partial charge is 1.00 e. The van der Waals surface area contributed by atoms with Crippen LogP contribution in [0.25, 0.3) is 0 Å². The third-order valence-corrected chi connectivity index (χ3v) is 4.02. The normalized spacial score (nSPS) is 10.1. The number of primary amides is 1. The number of hydrogen-bond acceptors (Lipinski definition) is 3. The third-order valence-electron chi connectivity index (χ3n) is 4.02. The van der Waals surface area contributed by atoms with Crippen molar-refractivity contribution in [1.82, 2.24) is 0 Å². The van der Waals surface area contributed by atoms with Crippen LogP contribution in [0.4, 0.5) is 0 Å². The van der Waals surface area contributed by atoms with Crippen molar-refractivity contribution in [2.45, 2.75) is 13.1 Å². The van der Waals surface area contributed by atoms with Gasteiger partial charge in [-0.2, -0.15) is 0 Å². The van der Waals surface area contributed by atoms with Crippen molar-refractivity contribution in [3.8, 4) is 0 Å². The summed E-state index contributed by atoms with van der Waals surface area (Å²) in [4.78, 5) is 11.1. The van der Waals surface area contributed by atoms with E-state index >= 15 is 0 Å². The van der Waals surface area contributed by atoms with Gasteiger partial charge in [0.1, 0.15) is 0 Å². The van der Waals surface area contributed by atoms with Crippen LogP contribution in [0.5, 0.6) is 0 Å². The zero-order valence-corrected chi connectivity index (χ0v) is 18.1. The lowest BCUT2D eigenvalue weighted by molar-refractivity contribution is -0.689. The van der Waals surface area contributed by atoms with Crippen LogP contribution >= 0.6 is 0 Å². The Morgan fingerprint density at radius 1 is 0.929 bits per heavy atom. The standard InChI is InChI=1S/C20H18N4O2.2BrH/c21-20(25)19-6-10-24(11-7-19)15-18-3-1-2-17(12-18)14-23-8-4-16(5-9-23)13-22-26;;/h1-13H,14-15H2,(H-,21,25);2*1H. The predicted molar refractivity (Wildman–Crippen MR) is 95.8 cm³/mol. The number of carbonyl (C=O) groups is 1. The Labute approximate surface area is 184 Å². The summed E-state index contributed by atoms with van der Waals surface area (Å²) in [6.07, 6.45) is 8.99. The van der Waals surface area contributed by atoms with Gasteiger partial charge in [-0.1, -0.05) is 23.4 Å². The molecule has 28 heavy (non-hydrogen) atoms. The number of carbonyl (C=O) groups excluding carboxylic acids is 1. The van der Waals surface area contributed by atoms with Gasteiger partial charge in [-0.3, -0.25) is 4.79 Å². The Morgan fingerprint density at radius 2 is 1.43 bits per heavy atom. The number of nitrogens with two attached hydrogens (primary N) is 1. The van der Waals surface area contributed by atoms with Crippen molar-refractivity contribution in [1.29, 1.82) is 0 Å². The highest BCUT2D eigenvalue weighted by Crippen LogP contribution is 2.05. The summed E-state index contributed by atoms with van der Waals surface area (Å²) in [5, 5.41) is 11.6. The van der Waals surface area contributed by atoms with E-state index in [9.17, 15) is 4.79 Å². The van der Waals surface area contributed by atoms with Crippen LogP contribution in [0.2, 0.25) is 0 Å². The number of hydrogen-bond donors (Lipinski definition) is 2. The van der Waals surface area contributed by atoms with E-state index in [0.717, 1.165) is 12.1 Å². The Balaban J connectivity index is 0.00000196. The van der Waals surface area contributed by atoms with Gasteiger partial charge in [0.05, 0.1) is 11.8 Å². The van der Waals surface area contributed by atoms with Gasteiger partial charge in [-0.25, -0.2) is 9.13 Å². The summed E-state index contributed by atoms with van der Waals surface area (Å²) in [5.74, 6) is -0.424. The minimum Gasteiger partial charge on any atom is -1.00 e. The van der Waals surface area contributed by atoms with Gasteiger partial charge in [0, 0.05) is 41.0 Å². The van der Waals surface area contributed by atoms with E-state index in [1.165, 1.54) is 17.3 Å². The minimum atomic E-state index is -0.424. The summed E-state index contributed by atoms with van der Waals surface area (Å²) in [6.45, 7) is 1.46. The second-order valence-corrected chi connectivity index (χ2v) is 5.99. The van der Waals surface area contributed by atoms with Crippen molar-refractivity contribution in [3.05, 3.63) is 95.6 Å². The highest BCUT2D eigenvalue weighted by atomic mass is 79.9. The first-order valence-electron chi connectivity index (χ1n) is 8.17. The molecule has 0 aliphatic carbocycles. The monoisotopic (exact) mass is 506 g/mol. The SMILES string of the molecule is NC(=O)c1cc[n+](Cc2cccc(C[n+]3ccc(/C=N/O)cc3)c2)cc1.[Br-].[Br-]. The lowest BCUT2D eigenvalue weighted by Gasteiger charge is -2.02. The second-order valence-electron chi connectivity index (χ2n) is 5.99. The molecule has 8 heteroatoms. The van der Waals surface area contributed by atoms with E-state index in [-0.39, 0.29) is 34.0 Å². The summed E-state index contributed by atoms with van der Waals surface area (Å²) < 4.78 is 4.06. The maximum Gasteiger partial charge on any atom is 0.249 e. The van der Waals surface area contributed by atoms with Crippen LogP contribution in [-0.4, -0.2) is 17.3 Å². The Bertz CT molecular complexity index is 930. The summed E-state index contributed by atoms with van der Waals surface area (Å²) >= 11 is 0. The molecule has 3 rings (SSSR count). The fourth-order valence-electron chi connectivity index (χ4n) is 2.70. The van der Waals surface area contributed by atoms with Crippen molar-refractivity contribution in [2.24, 2.45) is 10.9 Å². The molecule has 0 aliphatic rings. The van der Waals surface area contributed by atoms with E-state index in [4.69, 9.17) is 10.9 Å². The molecule has 0 bridgehead atoms. The molecule has 1 aromatic carbocycles. The fourth-order valence-corrected chi connectivity index (χ4v) is 2.70. The third kappa shape index (κ3) is 6.54. The zero-order chi connectivity index (χ0) is 18.4. The molecule has 2 heterocycles. The molecule has 0 unspecified atom stereocenters. The molecule has 6 nitrogen and oxygen atoms in total. The number of rotatable bonds is 6. The van der Waals surface area contributed by atoms with Crippen molar-refractivity contribution in [3.63, 3.8) is 0 Å². The fraction of sp³-hybridized carbons (Fsp3) is 0.100. The van der Waals surface area contributed by atoms with E-state index in [1.54, 1.807) is 12.1 Å². The summed E-state index contributed by atoms with van der Waals surface area (Å²) in [5.41, 5.74) is 8.96. The molecule has 146 valence electrons. The van der Waals surface area contributed by atoms with Gasteiger partial charge >= 0.3 is 0 Å². The molecule has 0 spiro atoms. The van der Waals surface area contributed by atoms with Crippen molar-refractivity contribution >= 4 is 12.1 Å². The van der Waals surface area contributed by atoms with E-state index in [1.807, 2.05) is 47.6 Å². The highest BCUT2D eigenvalue weighted by Gasteiger charge is 2.08. The Morgan fingerprint density at radius 3 is 1.89 bits per heavy atom. The number of aromatic nitrogens is 2. The Hall–Kier alpha value is -2.58. The molecular formula is C20H20Br2N4O2. The molecule has 0 atom stereocenters. The number of benzene rings is 1. The number of halogens is 2. The first-order valence-corrected chi connectivity index (χ1v) is 8.17. The highest BCUT2D eigenvalue weighted by molar-refractivity contribution is 5.92. The van der Waals surface area contributed by atoms with Crippen LogP contribution in [-0.2, 0) is 13.1 Å². The molecule has 0 saturated heterocycles. The first-order chi connectivity index (χ1) is 12.6. The van der Waals surface area contributed by atoms with Crippen molar-refractivity contribution < 1.29 is 53.1 Å². The summed E-state index contributed by atoms with van der Waals surface area (Å²) in [6, 6.07) is 15.6. The number of amides is 1. The van der Waals surface area contributed by atoms with E-state index in [2.05, 4.69) is 27.9 Å². The maximum absolute atomic E-state index is 11.1. The molecule has 0 aliphatic heterocycles. The minimum absolute atomic E-state index is 0. The molecule has 0 radical (unpaired) electrons. The number of pyridine rings is 2. The van der Waals surface area contributed by atoms with Gasteiger partial charge in [-0.05, 0) is 6.07 Å². The van der Waals surface area contributed by atoms with Gasteiger partial charge in [-0.15, -0.1) is 0 Å². The van der Waals surface area contributed by atoms with Crippen LogP contribution in [0, 0.1) is 0 Å². The van der Waals surface area contributed by atoms with Crippen molar-refractivity contribution in [2.75, 3.05) is 0 Å². The maximum atomic E-state index is 11.1. The molecule has 3 aromatic rings. The van der Waals surface area contributed by atoms with Gasteiger partial charge < -0.3 is 44.9 Å². The van der Waals surface area contributed by atoms with Crippen LogP contribution in [0.1, 0.15) is 27.0 Å². The second kappa shape index (κ2) is 11.3. The average molecular weight is 508 g/mol. The summed E-state index contributed by atoms with van der Waals surface area (Å²) in [7, 11) is 0. The topological polar surface area (TPSA) is 83.4 Å². The van der Waals surface area contributed by atoms with E-state index < -0.39 is 5.91 Å². The molecule has 0 saturated carbocycles. The Kier molecular flexibility index (Phi) is 9.47. The molecule has 1 amide bonds. The predicted octanol–water partition coefficient (Wildman–Crippen LogP) is -4.73. The van der Waals surface area contributed by atoms with Crippen LogP contribution < -0.4 is 48.8 Å². The molecular weight excluding hydrogens is 488 g/mol. The smallest absolute Gasteiger partial charge is 0.249 e. The molecule has 2 aromatic heterocycles. The van der Waals surface area contributed by atoms with E-state index in [0.29, 0.717) is 12.1 Å². The first kappa shape index (κ1) is 23.5. The lowest BCUT2D eigenvalue weighted by atomic mass is 10.1.